The molecule has 2 N–H and O–H groups in total. The molecule has 0 aliphatic rings. The second kappa shape index (κ2) is 4.71. The highest BCUT2D eigenvalue weighted by molar-refractivity contribution is 9.10. The Morgan fingerprint density at radius 3 is 2.89 bits per heavy atom. The largest absolute Gasteiger partial charge is 0.399 e. The molecule has 0 spiro atoms. The smallest absolute Gasteiger partial charge is 0.0982 e. The van der Waals surface area contributed by atoms with Gasteiger partial charge in [-0.25, -0.2) is 4.98 Å². The number of halogens is 1. The zero-order valence-electron chi connectivity index (χ0n) is 9.56. The molecule has 2 nitrogen and oxygen atoms in total. The Hall–Kier alpha value is -1.39. The Bertz CT molecular complexity index is 706. The highest BCUT2D eigenvalue weighted by atomic mass is 79.9. The lowest BCUT2D eigenvalue weighted by molar-refractivity contribution is 1.15. The summed E-state index contributed by atoms with van der Waals surface area (Å²) in [6.07, 6.45) is 0.860. The average Bonchev–Trinajstić information content (AvgIpc) is 2.70. The number of rotatable bonds is 2. The van der Waals surface area contributed by atoms with Gasteiger partial charge in [0.05, 0.1) is 15.2 Å². The summed E-state index contributed by atoms with van der Waals surface area (Å²) in [6.45, 7) is 0. The first-order chi connectivity index (χ1) is 8.70. The maximum Gasteiger partial charge on any atom is 0.0982 e. The minimum Gasteiger partial charge on any atom is -0.399 e. The van der Waals surface area contributed by atoms with Crippen LogP contribution in [0.15, 0.2) is 46.9 Å². The normalized spacial score (nSPS) is 10.9. The fourth-order valence-corrected chi connectivity index (χ4v) is 3.38. The number of anilines is 1. The van der Waals surface area contributed by atoms with Crippen molar-refractivity contribution in [1.82, 2.24) is 4.98 Å². The first-order valence-electron chi connectivity index (χ1n) is 5.60. The van der Waals surface area contributed by atoms with Crippen molar-refractivity contribution in [3.8, 4) is 0 Å². The van der Waals surface area contributed by atoms with E-state index in [2.05, 4.69) is 33.0 Å². The quantitative estimate of drug-likeness (QED) is 0.718. The molecule has 0 fully saturated rings. The van der Waals surface area contributed by atoms with Gasteiger partial charge in [0.2, 0.25) is 0 Å². The molecule has 3 rings (SSSR count). The van der Waals surface area contributed by atoms with E-state index >= 15 is 0 Å². The summed E-state index contributed by atoms with van der Waals surface area (Å²) >= 11 is 5.19. The predicted molar refractivity (Wildman–Crippen MR) is 81.0 cm³/mol. The lowest BCUT2D eigenvalue weighted by Crippen LogP contribution is -1.86. The zero-order chi connectivity index (χ0) is 12.5. The molecule has 4 heteroatoms. The molecule has 0 radical (unpaired) electrons. The monoisotopic (exact) mass is 318 g/mol. The van der Waals surface area contributed by atoms with Gasteiger partial charge in [-0.05, 0) is 35.9 Å². The van der Waals surface area contributed by atoms with Crippen LogP contribution in [-0.2, 0) is 6.42 Å². The SMILES string of the molecule is Nc1ccc2nc(Cc3cccc(Br)c3)sc2c1. The molecule has 0 atom stereocenters. The predicted octanol–water partition coefficient (Wildman–Crippen LogP) is 4.23. The summed E-state index contributed by atoms with van der Waals surface area (Å²) < 4.78 is 2.25. The van der Waals surface area contributed by atoms with Crippen molar-refractivity contribution in [2.75, 3.05) is 5.73 Å². The van der Waals surface area contributed by atoms with Gasteiger partial charge in [0, 0.05) is 16.6 Å². The molecule has 0 unspecified atom stereocenters. The number of fused-ring (bicyclic) bond motifs is 1. The van der Waals surface area contributed by atoms with E-state index in [1.807, 2.05) is 30.3 Å². The molecule has 0 saturated heterocycles. The second-order valence-electron chi connectivity index (χ2n) is 4.14. The van der Waals surface area contributed by atoms with Crippen LogP contribution in [0, 0.1) is 0 Å². The molecule has 0 saturated carbocycles. The van der Waals surface area contributed by atoms with Gasteiger partial charge in [-0.1, -0.05) is 28.1 Å². The molecule has 0 amide bonds. The van der Waals surface area contributed by atoms with Crippen molar-refractivity contribution in [3.05, 3.63) is 57.5 Å². The van der Waals surface area contributed by atoms with E-state index in [4.69, 9.17) is 5.73 Å². The maximum absolute atomic E-state index is 5.78. The molecule has 0 bridgehead atoms. The van der Waals surface area contributed by atoms with Crippen molar-refractivity contribution in [2.45, 2.75) is 6.42 Å². The fraction of sp³-hybridized carbons (Fsp3) is 0.0714. The third-order valence-electron chi connectivity index (χ3n) is 2.70. The Balaban J connectivity index is 1.95. The first kappa shape index (κ1) is 11.7. The molecule has 3 aromatic rings. The topological polar surface area (TPSA) is 38.9 Å². The average molecular weight is 319 g/mol. The third kappa shape index (κ3) is 2.40. The Morgan fingerprint density at radius 2 is 2.06 bits per heavy atom. The van der Waals surface area contributed by atoms with Gasteiger partial charge in [-0.15, -0.1) is 11.3 Å². The molecule has 1 aromatic heterocycles. The summed E-state index contributed by atoms with van der Waals surface area (Å²) in [5.41, 5.74) is 8.86. The lowest BCUT2D eigenvalue weighted by atomic mass is 10.2. The summed E-state index contributed by atoms with van der Waals surface area (Å²) in [4.78, 5) is 4.63. The van der Waals surface area contributed by atoms with E-state index in [0.29, 0.717) is 0 Å². The van der Waals surface area contributed by atoms with Crippen LogP contribution in [0.2, 0.25) is 0 Å². The van der Waals surface area contributed by atoms with Crippen molar-refractivity contribution in [2.24, 2.45) is 0 Å². The Morgan fingerprint density at radius 1 is 1.17 bits per heavy atom. The van der Waals surface area contributed by atoms with Crippen LogP contribution in [-0.4, -0.2) is 4.98 Å². The lowest BCUT2D eigenvalue weighted by Gasteiger charge is -1.97. The maximum atomic E-state index is 5.78. The first-order valence-corrected chi connectivity index (χ1v) is 7.21. The number of hydrogen-bond acceptors (Lipinski definition) is 3. The van der Waals surface area contributed by atoms with E-state index in [1.54, 1.807) is 11.3 Å². The van der Waals surface area contributed by atoms with Crippen LogP contribution >= 0.6 is 27.3 Å². The molecule has 0 aliphatic heterocycles. The Kier molecular flexibility index (Phi) is 3.06. The Labute approximate surface area is 118 Å². The number of nitrogens with zero attached hydrogens (tertiary/aromatic N) is 1. The summed E-state index contributed by atoms with van der Waals surface area (Å²) in [5, 5.41) is 1.12. The highest BCUT2D eigenvalue weighted by Crippen LogP contribution is 2.26. The molecule has 1 heterocycles. The van der Waals surface area contributed by atoms with Crippen LogP contribution in [0.1, 0.15) is 10.6 Å². The van der Waals surface area contributed by atoms with Gasteiger partial charge >= 0.3 is 0 Å². The van der Waals surface area contributed by atoms with E-state index < -0.39 is 0 Å². The fourth-order valence-electron chi connectivity index (χ4n) is 1.89. The van der Waals surface area contributed by atoms with E-state index in [1.165, 1.54) is 5.56 Å². The van der Waals surface area contributed by atoms with Gasteiger partial charge in [0.15, 0.2) is 0 Å². The molecule has 2 aromatic carbocycles. The minimum absolute atomic E-state index is 0.792. The van der Waals surface area contributed by atoms with E-state index in [0.717, 1.165) is 31.8 Å². The van der Waals surface area contributed by atoms with E-state index in [9.17, 15) is 0 Å². The number of hydrogen-bond donors (Lipinski definition) is 1. The van der Waals surface area contributed by atoms with E-state index in [-0.39, 0.29) is 0 Å². The number of aromatic nitrogens is 1. The summed E-state index contributed by atoms with van der Waals surface area (Å²) in [6, 6.07) is 14.2. The van der Waals surface area contributed by atoms with Crippen LogP contribution in [0.3, 0.4) is 0 Å². The van der Waals surface area contributed by atoms with Gasteiger partial charge in [0.1, 0.15) is 0 Å². The molecule has 0 aliphatic carbocycles. The number of nitrogen functional groups attached to an aromatic ring is 1. The summed E-state index contributed by atoms with van der Waals surface area (Å²) in [7, 11) is 0. The standard InChI is InChI=1S/C14H11BrN2S/c15-10-3-1-2-9(6-10)7-14-17-12-5-4-11(16)8-13(12)18-14/h1-6,8H,7,16H2. The molecular formula is C14H11BrN2S. The third-order valence-corrected chi connectivity index (χ3v) is 4.21. The molecule has 90 valence electrons. The van der Waals surface area contributed by atoms with Gasteiger partial charge in [-0.3, -0.25) is 0 Å². The van der Waals surface area contributed by atoms with Gasteiger partial charge < -0.3 is 5.73 Å². The second-order valence-corrected chi connectivity index (χ2v) is 6.17. The van der Waals surface area contributed by atoms with Crippen LogP contribution in [0.4, 0.5) is 5.69 Å². The van der Waals surface area contributed by atoms with Gasteiger partial charge in [0.25, 0.3) is 0 Å². The zero-order valence-corrected chi connectivity index (χ0v) is 12.0. The van der Waals surface area contributed by atoms with Gasteiger partial charge in [-0.2, -0.15) is 0 Å². The number of thiazole rings is 1. The summed E-state index contributed by atoms with van der Waals surface area (Å²) in [5.74, 6) is 0. The highest BCUT2D eigenvalue weighted by Gasteiger charge is 2.05. The molecular weight excluding hydrogens is 308 g/mol. The van der Waals surface area contributed by atoms with Crippen LogP contribution < -0.4 is 5.73 Å². The number of nitrogens with two attached hydrogens (primary N) is 1. The van der Waals surface area contributed by atoms with Crippen LogP contribution in [0.25, 0.3) is 10.2 Å². The number of benzene rings is 2. The van der Waals surface area contributed by atoms with Crippen molar-refractivity contribution in [3.63, 3.8) is 0 Å². The van der Waals surface area contributed by atoms with Crippen molar-refractivity contribution >= 4 is 43.2 Å². The van der Waals surface area contributed by atoms with Crippen molar-refractivity contribution in [1.29, 1.82) is 0 Å². The van der Waals surface area contributed by atoms with Crippen molar-refractivity contribution < 1.29 is 0 Å². The molecule has 18 heavy (non-hydrogen) atoms. The minimum atomic E-state index is 0.792. The van der Waals surface area contributed by atoms with Crippen LogP contribution in [0.5, 0.6) is 0 Å².